The Morgan fingerprint density at radius 1 is 1.64 bits per heavy atom. The second-order valence-electron chi connectivity index (χ2n) is 2.61. The third-order valence-electron chi connectivity index (χ3n) is 1.53. The van der Waals surface area contributed by atoms with Crippen LogP contribution in [0, 0.1) is 0 Å². The summed E-state index contributed by atoms with van der Waals surface area (Å²) in [6.07, 6.45) is -1.37. The summed E-state index contributed by atoms with van der Waals surface area (Å²) in [6.45, 7) is -0.496. The van der Waals surface area contributed by atoms with Crippen LogP contribution < -0.4 is 11.1 Å². The molecule has 0 radical (unpaired) electrons. The Kier molecular flexibility index (Phi) is 3.58. The van der Waals surface area contributed by atoms with Gasteiger partial charge in [0.2, 0.25) is 0 Å². The predicted octanol–water partition coefficient (Wildman–Crippen LogP) is 0.733. The van der Waals surface area contributed by atoms with Crippen molar-refractivity contribution in [3.8, 4) is 0 Å². The van der Waals surface area contributed by atoms with Crippen LogP contribution in [0.25, 0.3) is 0 Å². The van der Waals surface area contributed by atoms with E-state index in [0.29, 0.717) is 5.76 Å². The van der Waals surface area contributed by atoms with Gasteiger partial charge in [-0.05, 0) is 6.07 Å². The molecule has 1 aromatic heterocycles. The van der Waals surface area contributed by atoms with E-state index in [1.807, 2.05) is 5.32 Å². The van der Waals surface area contributed by atoms with E-state index in [9.17, 15) is 13.6 Å². The van der Waals surface area contributed by atoms with E-state index in [2.05, 4.69) is 0 Å². The van der Waals surface area contributed by atoms with Gasteiger partial charge in [0.05, 0.1) is 18.7 Å². The van der Waals surface area contributed by atoms with Crippen molar-refractivity contribution in [2.45, 2.75) is 13.0 Å². The maximum Gasteiger partial charge on any atom is 0.255 e. The van der Waals surface area contributed by atoms with Crippen molar-refractivity contribution in [2.24, 2.45) is 5.73 Å². The molecule has 6 heteroatoms. The third kappa shape index (κ3) is 2.81. The van der Waals surface area contributed by atoms with E-state index in [1.165, 1.54) is 12.3 Å². The Morgan fingerprint density at radius 2 is 2.36 bits per heavy atom. The molecule has 1 rings (SSSR count). The quantitative estimate of drug-likeness (QED) is 0.759. The number of rotatable bonds is 4. The highest BCUT2D eigenvalue weighted by molar-refractivity contribution is 5.93. The van der Waals surface area contributed by atoms with Gasteiger partial charge in [-0.1, -0.05) is 0 Å². The van der Waals surface area contributed by atoms with Crippen LogP contribution in [0.2, 0.25) is 0 Å². The molecule has 0 aromatic carbocycles. The van der Waals surface area contributed by atoms with Gasteiger partial charge in [0.15, 0.2) is 0 Å². The zero-order valence-corrected chi connectivity index (χ0v) is 7.30. The fraction of sp³-hybridized carbons (Fsp3) is 0.375. The lowest BCUT2D eigenvalue weighted by Crippen LogP contribution is -2.28. The van der Waals surface area contributed by atoms with Crippen molar-refractivity contribution in [2.75, 3.05) is 6.54 Å². The molecule has 14 heavy (non-hydrogen) atoms. The molecule has 4 nitrogen and oxygen atoms in total. The molecule has 1 amide bonds. The summed E-state index contributed by atoms with van der Waals surface area (Å²) in [6, 6.07) is 1.42. The highest BCUT2D eigenvalue weighted by Gasteiger charge is 2.11. The maximum atomic E-state index is 11.7. The molecule has 1 heterocycles. The van der Waals surface area contributed by atoms with Crippen LogP contribution in [-0.4, -0.2) is 18.9 Å². The minimum absolute atomic E-state index is 0.169. The molecule has 0 aliphatic heterocycles. The van der Waals surface area contributed by atoms with Gasteiger partial charge in [-0.25, -0.2) is 8.78 Å². The first kappa shape index (κ1) is 10.6. The molecule has 0 bridgehead atoms. The Morgan fingerprint density at radius 3 is 2.86 bits per heavy atom. The van der Waals surface area contributed by atoms with Gasteiger partial charge in [0.1, 0.15) is 12.0 Å². The lowest BCUT2D eigenvalue weighted by atomic mass is 10.3. The average Bonchev–Trinajstić information content (AvgIpc) is 2.62. The second-order valence-corrected chi connectivity index (χ2v) is 2.61. The number of halogens is 2. The zero-order valence-electron chi connectivity index (χ0n) is 7.30. The molecule has 0 saturated carbocycles. The van der Waals surface area contributed by atoms with Crippen LogP contribution in [0.4, 0.5) is 8.78 Å². The summed E-state index contributed by atoms with van der Waals surface area (Å²) in [5.74, 6) is -0.152. The lowest BCUT2D eigenvalue weighted by molar-refractivity contribution is 0.0891. The molecule has 0 spiro atoms. The van der Waals surface area contributed by atoms with Gasteiger partial charge in [-0.15, -0.1) is 0 Å². The summed E-state index contributed by atoms with van der Waals surface area (Å²) in [7, 11) is 0. The van der Waals surface area contributed by atoms with Gasteiger partial charge >= 0.3 is 0 Å². The Hall–Kier alpha value is -1.43. The fourth-order valence-corrected chi connectivity index (χ4v) is 0.879. The van der Waals surface area contributed by atoms with Crippen molar-refractivity contribution < 1.29 is 18.0 Å². The van der Waals surface area contributed by atoms with Crippen molar-refractivity contribution in [1.29, 1.82) is 0 Å². The predicted molar refractivity (Wildman–Crippen MR) is 44.9 cm³/mol. The highest BCUT2D eigenvalue weighted by atomic mass is 19.3. The molecule has 0 aliphatic rings. The maximum absolute atomic E-state index is 11.7. The summed E-state index contributed by atoms with van der Waals surface area (Å²) < 4.78 is 28.3. The molecule has 0 atom stereocenters. The number of alkyl halides is 2. The minimum atomic E-state index is -2.56. The number of carbonyl (C=O) groups excluding carboxylic acids is 1. The molecule has 3 N–H and O–H groups in total. The van der Waals surface area contributed by atoms with E-state index in [-0.39, 0.29) is 12.1 Å². The monoisotopic (exact) mass is 204 g/mol. The van der Waals surface area contributed by atoms with Gasteiger partial charge < -0.3 is 15.5 Å². The first-order valence-corrected chi connectivity index (χ1v) is 3.97. The first-order valence-electron chi connectivity index (χ1n) is 3.97. The number of nitrogens with two attached hydrogens (primary N) is 1. The summed E-state index contributed by atoms with van der Waals surface area (Å²) in [5, 5.41) is 2.05. The largest absolute Gasteiger partial charge is 0.467 e. The van der Waals surface area contributed by atoms with Gasteiger partial charge in [0, 0.05) is 0 Å². The van der Waals surface area contributed by atoms with Crippen LogP contribution >= 0.6 is 0 Å². The number of furan rings is 1. The molecule has 1 aromatic rings. The lowest BCUT2D eigenvalue weighted by Gasteiger charge is -2.00. The fourth-order valence-electron chi connectivity index (χ4n) is 0.879. The molecule has 0 unspecified atom stereocenters. The Balaban J connectivity index is 2.52. The van der Waals surface area contributed by atoms with Crippen LogP contribution in [0.3, 0.4) is 0 Å². The van der Waals surface area contributed by atoms with Crippen LogP contribution in [0.5, 0.6) is 0 Å². The third-order valence-corrected chi connectivity index (χ3v) is 1.53. The first-order chi connectivity index (χ1) is 6.63. The van der Waals surface area contributed by atoms with Crippen LogP contribution in [-0.2, 0) is 6.54 Å². The number of carbonyl (C=O) groups is 1. The SMILES string of the molecule is NCc1cc(C(=O)NCC(F)F)co1. The number of nitrogens with one attached hydrogen (secondary N) is 1. The molecule has 0 aliphatic carbocycles. The molecule has 0 saturated heterocycles. The van der Waals surface area contributed by atoms with Gasteiger partial charge in [0.25, 0.3) is 12.3 Å². The smallest absolute Gasteiger partial charge is 0.255 e. The van der Waals surface area contributed by atoms with Crippen LogP contribution in [0.15, 0.2) is 16.7 Å². The summed E-state index contributed by atoms with van der Waals surface area (Å²) in [4.78, 5) is 11.1. The molecular formula is C8H10F2N2O2. The Labute approximate surface area is 79.1 Å². The van der Waals surface area contributed by atoms with E-state index in [1.54, 1.807) is 0 Å². The summed E-state index contributed by atoms with van der Waals surface area (Å²) >= 11 is 0. The normalized spacial score (nSPS) is 10.6. The highest BCUT2D eigenvalue weighted by Crippen LogP contribution is 2.06. The van der Waals surface area contributed by atoms with Crippen LogP contribution in [0.1, 0.15) is 16.1 Å². The molecule has 0 fully saturated rings. The van der Waals surface area contributed by atoms with E-state index < -0.39 is 18.9 Å². The summed E-state index contributed by atoms with van der Waals surface area (Å²) in [5.41, 5.74) is 5.44. The number of hydrogen-bond acceptors (Lipinski definition) is 3. The van der Waals surface area contributed by atoms with Crippen molar-refractivity contribution in [3.63, 3.8) is 0 Å². The van der Waals surface area contributed by atoms with E-state index >= 15 is 0 Å². The Bertz CT molecular complexity index is 312. The van der Waals surface area contributed by atoms with Crippen molar-refractivity contribution >= 4 is 5.91 Å². The van der Waals surface area contributed by atoms with E-state index in [0.717, 1.165) is 0 Å². The van der Waals surface area contributed by atoms with E-state index in [4.69, 9.17) is 10.2 Å². The molecule has 78 valence electrons. The zero-order chi connectivity index (χ0) is 10.6. The average molecular weight is 204 g/mol. The van der Waals surface area contributed by atoms with Crippen molar-refractivity contribution in [3.05, 3.63) is 23.7 Å². The number of hydrogen-bond donors (Lipinski definition) is 2. The second kappa shape index (κ2) is 4.71. The van der Waals surface area contributed by atoms with Crippen molar-refractivity contribution in [1.82, 2.24) is 5.32 Å². The van der Waals surface area contributed by atoms with Gasteiger partial charge in [-0.2, -0.15) is 0 Å². The van der Waals surface area contributed by atoms with Gasteiger partial charge in [-0.3, -0.25) is 4.79 Å². The standard InChI is InChI=1S/C8H10F2N2O2/c9-7(10)3-12-8(13)5-1-6(2-11)14-4-5/h1,4,7H,2-3,11H2,(H,12,13). The topological polar surface area (TPSA) is 68.3 Å². The number of amides is 1. The molecular weight excluding hydrogens is 194 g/mol. The minimum Gasteiger partial charge on any atom is -0.467 e.